The van der Waals surface area contributed by atoms with Crippen LogP contribution in [0.15, 0.2) is 36.4 Å². The minimum Gasteiger partial charge on any atom is -0.352 e. The molecule has 6 nitrogen and oxygen atoms in total. The topological polar surface area (TPSA) is 92.3 Å². The summed E-state index contributed by atoms with van der Waals surface area (Å²) < 4.78 is 0. The van der Waals surface area contributed by atoms with Crippen molar-refractivity contribution in [3.63, 3.8) is 0 Å². The van der Waals surface area contributed by atoms with E-state index >= 15 is 0 Å². The van der Waals surface area contributed by atoms with Gasteiger partial charge in [0.2, 0.25) is 11.8 Å². The summed E-state index contributed by atoms with van der Waals surface area (Å²) in [7, 11) is 0. The highest BCUT2D eigenvalue weighted by Gasteiger charge is 2.09. The van der Waals surface area contributed by atoms with Crippen molar-refractivity contribution in [3.8, 4) is 11.1 Å². The maximum Gasteiger partial charge on any atom is 0.217 e. The number of Topliss-reactive ketones (excluding diaryl/α,β-unsaturated/α-hetero) is 2. The van der Waals surface area contributed by atoms with Gasteiger partial charge in [-0.3, -0.25) is 9.59 Å². The molecule has 2 amide bonds. The summed E-state index contributed by atoms with van der Waals surface area (Å²) in [6.07, 6.45) is 2.21. The maximum absolute atomic E-state index is 11.5. The molecule has 0 atom stereocenters. The van der Waals surface area contributed by atoms with Crippen LogP contribution in [0.25, 0.3) is 11.1 Å². The van der Waals surface area contributed by atoms with Gasteiger partial charge in [-0.15, -0.1) is 0 Å². The molecule has 0 saturated carbocycles. The second-order valence-corrected chi connectivity index (χ2v) is 8.30. The number of hydrogen-bond donors (Lipinski definition) is 2. The van der Waals surface area contributed by atoms with E-state index in [2.05, 4.69) is 28.8 Å². The molecule has 0 spiro atoms. The van der Waals surface area contributed by atoms with Gasteiger partial charge in [0.15, 0.2) is 0 Å². The molecule has 2 rings (SSSR count). The van der Waals surface area contributed by atoms with Crippen molar-refractivity contribution in [1.82, 2.24) is 10.6 Å². The first-order chi connectivity index (χ1) is 15.1. The van der Waals surface area contributed by atoms with E-state index < -0.39 is 0 Å². The minimum atomic E-state index is -0.114. The molecule has 32 heavy (non-hydrogen) atoms. The third-order valence-corrected chi connectivity index (χ3v) is 5.05. The highest BCUT2D eigenvalue weighted by Crippen LogP contribution is 2.27. The van der Waals surface area contributed by atoms with Crippen LogP contribution in [0.1, 0.15) is 62.8 Å². The normalized spacial score (nSPS) is 10.5. The predicted octanol–water partition coefficient (Wildman–Crippen LogP) is 3.67. The summed E-state index contributed by atoms with van der Waals surface area (Å²) in [6, 6.07) is 12.2. The Morgan fingerprint density at radius 3 is 1.25 bits per heavy atom. The molecule has 0 aliphatic rings. The Bertz CT molecular complexity index is 857. The Morgan fingerprint density at radius 2 is 0.906 bits per heavy atom. The summed E-state index contributed by atoms with van der Waals surface area (Å²) in [5.41, 5.74) is 5.90. The Balaban J connectivity index is 2.47. The van der Waals surface area contributed by atoms with Crippen molar-refractivity contribution < 1.29 is 19.2 Å². The summed E-state index contributed by atoms with van der Waals surface area (Å²) in [5, 5.41) is 5.64. The van der Waals surface area contributed by atoms with E-state index in [1.165, 1.54) is 13.8 Å². The van der Waals surface area contributed by atoms with Crippen LogP contribution in [0.5, 0.6) is 0 Å². The average molecular weight is 437 g/mol. The van der Waals surface area contributed by atoms with Crippen molar-refractivity contribution in [3.05, 3.63) is 58.7 Å². The molecule has 0 radical (unpaired) electrons. The lowest BCUT2D eigenvalue weighted by atomic mass is 9.93. The van der Waals surface area contributed by atoms with Gasteiger partial charge < -0.3 is 20.2 Å². The monoisotopic (exact) mass is 436 g/mol. The van der Waals surface area contributed by atoms with Gasteiger partial charge in [-0.25, -0.2) is 0 Å². The van der Waals surface area contributed by atoms with E-state index in [0.717, 1.165) is 33.4 Å². The Kier molecular flexibility index (Phi) is 9.32. The Labute approximate surface area is 189 Å². The standard InChI is InChI=1S/C26H32N2O4/c1-17(29)5-7-21-9-22(8-6-18(2)30)12-25(11-21)26-13-23(15-27-19(3)31)10-24(14-26)16-28-20(4)32/h9-14H,5-8,15-16H2,1-4H3,(H,27,31)(H,28,32). The molecular formula is C26H32N2O4. The molecular weight excluding hydrogens is 404 g/mol. The first-order valence-corrected chi connectivity index (χ1v) is 10.9. The van der Waals surface area contributed by atoms with Crippen molar-refractivity contribution in [2.45, 2.75) is 66.5 Å². The number of aryl methyl sites for hydroxylation is 2. The van der Waals surface area contributed by atoms with Gasteiger partial charge in [0.1, 0.15) is 11.6 Å². The van der Waals surface area contributed by atoms with E-state index in [4.69, 9.17) is 0 Å². The van der Waals surface area contributed by atoms with Crippen molar-refractivity contribution >= 4 is 23.4 Å². The molecule has 0 fully saturated rings. The van der Waals surface area contributed by atoms with E-state index in [0.29, 0.717) is 38.8 Å². The molecule has 2 aromatic rings. The van der Waals surface area contributed by atoms with E-state index in [1.54, 1.807) is 13.8 Å². The molecule has 0 aromatic heterocycles. The van der Waals surface area contributed by atoms with Crippen molar-refractivity contribution in [1.29, 1.82) is 0 Å². The molecule has 6 heteroatoms. The number of nitrogens with one attached hydrogen (secondary N) is 2. The number of hydrogen-bond acceptors (Lipinski definition) is 4. The molecule has 0 unspecified atom stereocenters. The van der Waals surface area contributed by atoms with Crippen LogP contribution >= 0.6 is 0 Å². The largest absolute Gasteiger partial charge is 0.352 e. The number of benzene rings is 2. The third-order valence-electron chi connectivity index (χ3n) is 5.05. The van der Waals surface area contributed by atoms with Gasteiger partial charge in [0, 0.05) is 39.8 Å². The third kappa shape index (κ3) is 8.84. The second kappa shape index (κ2) is 11.9. The zero-order valence-electron chi connectivity index (χ0n) is 19.3. The van der Waals surface area contributed by atoms with Crippen LogP contribution in [0.2, 0.25) is 0 Å². The SMILES string of the molecule is CC(=O)CCc1cc(CCC(C)=O)cc(-c2cc(CNC(C)=O)cc(CNC(C)=O)c2)c1. The lowest BCUT2D eigenvalue weighted by Gasteiger charge is -2.14. The predicted molar refractivity (Wildman–Crippen MR) is 125 cm³/mol. The van der Waals surface area contributed by atoms with Gasteiger partial charge in [0.05, 0.1) is 0 Å². The molecule has 0 saturated heterocycles. The average Bonchev–Trinajstić information content (AvgIpc) is 2.73. The highest BCUT2D eigenvalue weighted by molar-refractivity contribution is 5.77. The van der Waals surface area contributed by atoms with Gasteiger partial charge in [-0.05, 0) is 72.2 Å². The van der Waals surface area contributed by atoms with Crippen LogP contribution in [0.3, 0.4) is 0 Å². The van der Waals surface area contributed by atoms with Crippen LogP contribution in [-0.4, -0.2) is 23.4 Å². The zero-order chi connectivity index (χ0) is 23.7. The number of rotatable bonds is 11. The molecule has 2 N–H and O–H groups in total. The highest BCUT2D eigenvalue weighted by atomic mass is 16.2. The fourth-order valence-corrected chi connectivity index (χ4v) is 3.45. The van der Waals surface area contributed by atoms with Crippen molar-refractivity contribution in [2.24, 2.45) is 0 Å². The van der Waals surface area contributed by atoms with Gasteiger partial charge in [-0.2, -0.15) is 0 Å². The lowest BCUT2D eigenvalue weighted by molar-refractivity contribution is -0.119. The minimum absolute atomic E-state index is 0.114. The van der Waals surface area contributed by atoms with Gasteiger partial charge in [-0.1, -0.05) is 24.3 Å². The van der Waals surface area contributed by atoms with Crippen molar-refractivity contribution in [2.75, 3.05) is 0 Å². The number of carbonyl (C=O) groups excluding carboxylic acids is 4. The van der Waals surface area contributed by atoms with Crippen LogP contribution in [0, 0.1) is 0 Å². The molecule has 0 heterocycles. The maximum atomic E-state index is 11.5. The fraction of sp³-hybridized carbons (Fsp3) is 0.385. The molecule has 2 aromatic carbocycles. The van der Waals surface area contributed by atoms with Crippen LogP contribution in [-0.2, 0) is 45.1 Å². The quantitative estimate of drug-likeness (QED) is 0.562. The molecule has 170 valence electrons. The molecule has 0 aliphatic heterocycles. The summed E-state index contributed by atoms with van der Waals surface area (Å²) in [5.74, 6) is 0.0410. The zero-order valence-corrected chi connectivity index (χ0v) is 19.3. The molecule has 0 aliphatic carbocycles. The van der Waals surface area contributed by atoms with E-state index in [9.17, 15) is 19.2 Å². The number of ketones is 2. The number of carbonyl (C=O) groups is 4. The van der Waals surface area contributed by atoms with E-state index in [-0.39, 0.29) is 23.4 Å². The Morgan fingerprint density at radius 1 is 0.562 bits per heavy atom. The second-order valence-electron chi connectivity index (χ2n) is 8.30. The fourth-order valence-electron chi connectivity index (χ4n) is 3.45. The van der Waals surface area contributed by atoms with Gasteiger partial charge in [0.25, 0.3) is 0 Å². The van der Waals surface area contributed by atoms with Crippen LogP contribution in [0.4, 0.5) is 0 Å². The summed E-state index contributed by atoms with van der Waals surface area (Å²) in [4.78, 5) is 45.8. The van der Waals surface area contributed by atoms with Crippen LogP contribution < -0.4 is 10.6 Å². The number of amides is 2. The first-order valence-electron chi connectivity index (χ1n) is 10.9. The van der Waals surface area contributed by atoms with Gasteiger partial charge >= 0.3 is 0 Å². The molecule has 0 bridgehead atoms. The summed E-state index contributed by atoms with van der Waals surface area (Å²) in [6.45, 7) is 6.89. The summed E-state index contributed by atoms with van der Waals surface area (Å²) >= 11 is 0. The Hall–Kier alpha value is -3.28. The smallest absolute Gasteiger partial charge is 0.217 e. The lowest BCUT2D eigenvalue weighted by Crippen LogP contribution is -2.20. The van der Waals surface area contributed by atoms with E-state index in [1.807, 2.05) is 18.2 Å². The first kappa shape index (κ1) is 25.0.